The Morgan fingerprint density at radius 3 is 2.50 bits per heavy atom. The maximum absolute atomic E-state index is 10.3. The number of hydrogen-bond acceptors (Lipinski definition) is 2. The summed E-state index contributed by atoms with van der Waals surface area (Å²) in [7, 11) is -3.72. The summed E-state index contributed by atoms with van der Waals surface area (Å²) in [6.07, 6.45) is 0.642. The molecule has 0 rings (SSSR count). The summed E-state index contributed by atoms with van der Waals surface area (Å²) in [6, 6.07) is 0. The minimum atomic E-state index is -3.72. The highest BCUT2D eigenvalue weighted by molar-refractivity contribution is 7.99. The van der Waals surface area contributed by atoms with Crippen molar-refractivity contribution in [2.75, 3.05) is 17.7 Å². The van der Waals surface area contributed by atoms with Gasteiger partial charge in [0.2, 0.25) is 0 Å². The van der Waals surface area contributed by atoms with Crippen LogP contribution < -0.4 is 0 Å². The molecule has 0 fully saturated rings. The number of thioether (sulfide) groups is 1. The highest BCUT2D eigenvalue weighted by Gasteiger charge is 2.10. The summed E-state index contributed by atoms with van der Waals surface area (Å²) in [5, 5.41) is 0. The van der Waals surface area contributed by atoms with Crippen LogP contribution in [0.15, 0.2) is 0 Å². The van der Waals surface area contributed by atoms with Gasteiger partial charge >= 0.3 is 7.60 Å². The van der Waals surface area contributed by atoms with Crippen molar-refractivity contribution in [1.29, 1.82) is 0 Å². The van der Waals surface area contributed by atoms with Gasteiger partial charge in [0.15, 0.2) is 0 Å². The zero-order chi connectivity index (χ0) is 8.04. The Morgan fingerprint density at radius 2 is 2.10 bits per heavy atom. The zero-order valence-electron chi connectivity index (χ0n) is 5.99. The SMILES string of the molecule is CCSCCCP(=O)(O)O. The van der Waals surface area contributed by atoms with E-state index in [2.05, 4.69) is 0 Å². The molecule has 2 N–H and O–H groups in total. The van der Waals surface area contributed by atoms with Gasteiger partial charge in [-0.2, -0.15) is 11.8 Å². The molecule has 3 nitrogen and oxygen atoms in total. The van der Waals surface area contributed by atoms with Crippen LogP contribution in [0.4, 0.5) is 0 Å². The molecule has 62 valence electrons. The molecule has 0 spiro atoms. The Labute approximate surface area is 65.4 Å². The van der Waals surface area contributed by atoms with E-state index in [1.807, 2.05) is 6.92 Å². The third kappa shape index (κ3) is 8.50. The van der Waals surface area contributed by atoms with Crippen LogP contribution in [0.1, 0.15) is 13.3 Å². The predicted molar refractivity (Wildman–Crippen MR) is 44.5 cm³/mol. The molecular weight excluding hydrogens is 171 g/mol. The lowest BCUT2D eigenvalue weighted by Crippen LogP contribution is -1.89. The number of rotatable bonds is 5. The molecule has 0 bridgehead atoms. The first kappa shape index (κ1) is 10.5. The molecule has 0 unspecified atom stereocenters. The van der Waals surface area contributed by atoms with Crippen LogP contribution >= 0.6 is 19.4 Å². The highest BCUT2D eigenvalue weighted by Crippen LogP contribution is 2.35. The largest absolute Gasteiger partial charge is 0.325 e. The second-order valence-corrected chi connectivity index (χ2v) is 5.11. The molecule has 0 aromatic carbocycles. The molecule has 0 heterocycles. The van der Waals surface area contributed by atoms with E-state index in [1.165, 1.54) is 0 Å². The molecule has 0 saturated heterocycles. The Bertz CT molecular complexity index is 122. The first-order valence-corrected chi connectivity index (χ1v) is 6.14. The van der Waals surface area contributed by atoms with E-state index in [-0.39, 0.29) is 6.16 Å². The van der Waals surface area contributed by atoms with Gasteiger partial charge < -0.3 is 9.79 Å². The molecule has 0 amide bonds. The van der Waals surface area contributed by atoms with Crippen LogP contribution in [0, 0.1) is 0 Å². The lowest BCUT2D eigenvalue weighted by molar-refractivity contribution is 0.372. The van der Waals surface area contributed by atoms with Crippen LogP contribution in [0.25, 0.3) is 0 Å². The first-order chi connectivity index (χ1) is 4.56. The van der Waals surface area contributed by atoms with E-state index >= 15 is 0 Å². The maximum Gasteiger partial charge on any atom is 0.325 e. The number of hydrogen-bond donors (Lipinski definition) is 2. The monoisotopic (exact) mass is 184 g/mol. The maximum atomic E-state index is 10.3. The molecule has 0 aromatic rings. The molecule has 0 atom stereocenters. The summed E-state index contributed by atoms with van der Waals surface area (Å²) in [5.74, 6) is 1.86. The van der Waals surface area contributed by atoms with Crippen LogP contribution in [0.5, 0.6) is 0 Å². The molecule has 0 aliphatic rings. The van der Waals surface area contributed by atoms with E-state index < -0.39 is 7.60 Å². The minimum Gasteiger partial charge on any atom is -0.324 e. The molecule has 0 radical (unpaired) electrons. The third-order valence-electron chi connectivity index (χ3n) is 0.942. The molecule has 0 saturated carbocycles. The minimum absolute atomic E-state index is 0.0278. The second kappa shape index (κ2) is 5.19. The summed E-state index contributed by atoms with van der Waals surface area (Å²) in [5.41, 5.74) is 0. The van der Waals surface area contributed by atoms with Gasteiger partial charge in [0.1, 0.15) is 0 Å². The molecule has 5 heteroatoms. The fourth-order valence-electron chi connectivity index (χ4n) is 0.517. The summed E-state index contributed by atoms with van der Waals surface area (Å²) < 4.78 is 10.3. The quantitative estimate of drug-likeness (QED) is 0.499. The highest BCUT2D eigenvalue weighted by atomic mass is 32.2. The van der Waals surface area contributed by atoms with Crippen molar-refractivity contribution < 1.29 is 14.4 Å². The van der Waals surface area contributed by atoms with Crippen LogP contribution in [-0.2, 0) is 4.57 Å². The molecule has 0 aromatic heterocycles. The summed E-state index contributed by atoms with van der Waals surface area (Å²) in [6.45, 7) is 2.03. The smallest absolute Gasteiger partial charge is 0.324 e. The predicted octanol–water partition coefficient (Wildman–Crippen LogP) is 1.31. The molecule has 0 aliphatic heterocycles. The van der Waals surface area contributed by atoms with Crippen molar-refractivity contribution in [1.82, 2.24) is 0 Å². The Morgan fingerprint density at radius 1 is 1.50 bits per heavy atom. The fourth-order valence-corrected chi connectivity index (χ4v) is 1.94. The van der Waals surface area contributed by atoms with Crippen molar-refractivity contribution in [3.8, 4) is 0 Å². The van der Waals surface area contributed by atoms with Crippen molar-refractivity contribution in [3.63, 3.8) is 0 Å². The molecular formula is C5H13O3PS. The van der Waals surface area contributed by atoms with Gasteiger partial charge in [0, 0.05) is 0 Å². The lowest BCUT2D eigenvalue weighted by atomic mass is 10.6. The summed E-state index contributed by atoms with van der Waals surface area (Å²) >= 11 is 1.71. The first-order valence-electron chi connectivity index (χ1n) is 3.18. The Hall–Kier alpha value is 0.500. The van der Waals surface area contributed by atoms with Crippen molar-refractivity contribution in [2.45, 2.75) is 13.3 Å². The van der Waals surface area contributed by atoms with Crippen molar-refractivity contribution in [3.05, 3.63) is 0 Å². The topological polar surface area (TPSA) is 57.5 Å². The van der Waals surface area contributed by atoms with Gasteiger partial charge in [-0.15, -0.1) is 0 Å². The lowest BCUT2D eigenvalue weighted by Gasteiger charge is -2.01. The van der Waals surface area contributed by atoms with Gasteiger partial charge in [-0.25, -0.2) is 0 Å². The van der Waals surface area contributed by atoms with E-state index in [0.717, 1.165) is 11.5 Å². The molecule has 0 aliphatic carbocycles. The fraction of sp³-hybridized carbons (Fsp3) is 1.00. The third-order valence-corrected chi connectivity index (χ3v) is 2.83. The van der Waals surface area contributed by atoms with Crippen LogP contribution in [0.3, 0.4) is 0 Å². The van der Waals surface area contributed by atoms with E-state index in [9.17, 15) is 4.57 Å². The average molecular weight is 184 g/mol. The van der Waals surface area contributed by atoms with E-state index in [0.29, 0.717) is 6.42 Å². The Kier molecular flexibility index (Phi) is 5.45. The van der Waals surface area contributed by atoms with Gasteiger partial charge in [0.25, 0.3) is 0 Å². The van der Waals surface area contributed by atoms with Crippen molar-refractivity contribution in [2.24, 2.45) is 0 Å². The standard InChI is InChI=1S/C5H13O3PS/c1-2-10-5-3-4-9(6,7)8/h2-5H2,1H3,(H2,6,7,8). The molecule has 10 heavy (non-hydrogen) atoms. The zero-order valence-corrected chi connectivity index (χ0v) is 7.70. The van der Waals surface area contributed by atoms with Gasteiger partial charge in [0.05, 0.1) is 6.16 Å². The van der Waals surface area contributed by atoms with Gasteiger partial charge in [-0.3, -0.25) is 4.57 Å². The summed E-state index contributed by atoms with van der Waals surface area (Å²) in [4.78, 5) is 16.8. The van der Waals surface area contributed by atoms with Crippen LogP contribution in [0.2, 0.25) is 0 Å². The normalized spacial score (nSPS) is 11.9. The van der Waals surface area contributed by atoms with Gasteiger partial charge in [-0.05, 0) is 17.9 Å². The van der Waals surface area contributed by atoms with Gasteiger partial charge in [-0.1, -0.05) is 6.92 Å². The van der Waals surface area contributed by atoms with E-state index in [1.54, 1.807) is 11.8 Å². The van der Waals surface area contributed by atoms with Crippen molar-refractivity contribution >= 4 is 19.4 Å². The van der Waals surface area contributed by atoms with Crippen LogP contribution in [-0.4, -0.2) is 27.5 Å². The second-order valence-electron chi connectivity index (χ2n) is 1.94. The van der Waals surface area contributed by atoms with E-state index in [4.69, 9.17) is 9.79 Å². The average Bonchev–Trinajstić information content (AvgIpc) is 1.78. The Balaban J connectivity index is 3.13.